The first-order valence-corrected chi connectivity index (χ1v) is 6.52. The van der Waals surface area contributed by atoms with Gasteiger partial charge in [0.05, 0.1) is 11.4 Å². The predicted octanol–water partition coefficient (Wildman–Crippen LogP) is 0.971. The van der Waals surface area contributed by atoms with E-state index in [9.17, 15) is 8.42 Å². The summed E-state index contributed by atoms with van der Waals surface area (Å²) in [6, 6.07) is 3.90. The van der Waals surface area contributed by atoms with Crippen LogP contribution in [0.4, 0.5) is 11.4 Å². The van der Waals surface area contributed by atoms with Crippen molar-refractivity contribution in [1.82, 2.24) is 4.31 Å². The molecular formula is C10H17N3O3S. The molecular weight excluding hydrogens is 242 g/mol. The number of benzene rings is 1. The summed E-state index contributed by atoms with van der Waals surface area (Å²) in [7, 11) is -2.15. The summed E-state index contributed by atoms with van der Waals surface area (Å²) in [4.78, 5) is 0. The van der Waals surface area contributed by atoms with Crippen LogP contribution in [0.2, 0.25) is 0 Å². The third kappa shape index (κ3) is 3.24. The van der Waals surface area contributed by atoms with E-state index in [1.165, 1.54) is 29.6 Å². The first-order valence-electron chi connectivity index (χ1n) is 5.08. The van der Waals surface area contributed by atoms with Gasteiger partial charge in [-0.1, -0.05) is 0 Å². The zero-order chi connectivity index (χ0) is 13.2. The molecule has 6 nitrogen and oxygen atoms in total. The van der Waals surface area contributed by atoms with Crippen molar-refractivity contribution in [2.24, 2.45) is 0 Å². The van der Waals surface area contributed by atoms with Crippen LogP contribution in [-0.2, 0) is 10.2 Å². The summed E-state index contributed by atoms with van der Waals surface area (Å²) in [5.74, 6) is -0.0114. The Labute approximate surface area is 101 Å². The van der Waals surface area contributed by atoms with Gasteiger partial charge in [-0.05, 0) is 26.0 Å². The van der Waals surface area contributed by atoms with Crippen LogP contribution in [0.3, 0.4) is 0 Å². The lowest BCUT2D eigenvalue weighted by atomic mass is 10.2. The molecule has 0 aliphatic carbocycles. The van der Waals surface area contributed by atoms with Gasteiger partial charge in [0.15, 0.2) is 0 Å². The molecule has 0 aliphatic heterocycles. The lowest BCUT2D eigenvalue weighted by Gasteiger charge is -2.22. The summed E-state index contributed by atoms with van der Waals surface area (Å²) in [6.07, 6.45) is 0. The van der Waals surface area contributed by atoms with Crippen LogP contribution in [0.1, 0.15) is 13.8 Å². The number of phenolic OH excluding ortho intramolecular Hbond substituents is 1. The van der Waals surface area contributed by atoms with Crippen LogP contribution in [0.5, 0.6) is 5.75 Å². The van der Waals surface area contributed by atoms with Crippen molar-refractivity contribution in [2.45, 2.75) is 19.9 Å². The molecule has 17 heavy (non-hydrogen) atoms. The van der Waals surface area contributed by atoms with Gasteiger partial charge >= 0.3 is 10.2 Å². The molecule has 0 unspecified atom stereocenters. The number of anilines is 2. The minimum Gasteiger partial charge on any atom is -0.508 e. The molecule has 0 spiro atoms. The number of nitrogens with two attached hydrogens (primary N) is 1. The first kappa shape index (κ1) is 13.6. The number of hydrogen-bond acceptors (Lipinski definition) is 4. The Balaban J connectivity index is 2.98. The third-order valence-electron chi connectivity index (χ3n) is 2.38. The van der Waals surface area contributed by atoms with Crippen LogP contribution in [-0.4, -0.2) is 30.9 Å². The van der Waals surface area contributed by atoms with Crippen LogP contribution in [0.25, 0.3) is 0 Å². The van der Waals surface area contributed by atoms with Gasteiger partial charge < -0.3 is 10.8 Å². The zero-order valence-electron chi connectivity index (χ0n) is 10.0. The SMILES string of the molecule is CC(C)N(C)S(=O)(=O)Nc1ccc(O)cc1N. The van der Waals surface area contributed by atoms with Crippen LogP contribution in [0.15, 0.2) is 18.2 Å². The quantitative estimate of drug-likeness (QED) is 0.554. The molecule has 7 heteroatoms. The zero-order valence-corrected chi connectivity index (χ0v) is 10.8. The summed E-state index contributed by atoms with van der Waals surface area (Å²) in [5, 5.41) is 9.17. The molecule has 0 atom stereocenters. The second-order valence-electron chi connectivity index (χ2n) is 3.99. The average molecular weight is 259 g/mol. The standard InChI is InChI=1S/C10H17N3O3S/c1-7(2)13(3)17(15,16)12-10-5-4-8(14)6-9(10)11/h4-7,12,14H,11H2,1-3H3. The molecule has 0 aromatic heterocycles. The first-order chi connectivity index (χ1) is 7.74. The second kappa shape index (κ2) is 4.80. The Morgan fingerprint density at radius 2 is 2.00 bits per heavy atom. The second-order valence-corrected chi connectivity index (χ2v) is 5.72. The van der Waals surface area contributed by atoms with E-state index in [-0.39, 0.29) is 23.2 Å². The van der Waals surface area contributed by atoms with Gasteiger partial charge in [-0.2, -0.15) is 12.7 Å². The number of nitrogens with one attached hydrogen (secondary N) is 1. The molecule has 1 aromatic rings. The molecule has 0 bridgehead atoms. The summed E-state index contributed by atoms with van der Waals surface area (Å²) < 4.78 is 27.3. The fourth-order valence-electron chi connectivity index (χ4n) is 1.13. The average Bonchev–Trinajstić information content (AvgIpc) is 2.21. The maximum atomic E-state index is 11.9. The summed E-state index contributed by atoms with van der Waals surface area (Å²) in [6.45, 7) is 3.53. The lowest BCUT2D eigenvalue weighted by molar-refractivity contribution is 0.414. The van der Waals surface area contributed by atoms with Crippen molar-refractivity contribution in [3.63, 3.8) is 0 Å². The van der Waals surface area contributed by atoms with E-state index in [4.69, 9.17) is 10.8 Å². The van der Waals surface area contributed by atoms with Crippen molar-refractivity contribution < 1.29 is 13.5 Å². The van der Waals surface area contributed by atoms with E-state index in [0.29, 0.717) is 0 Å². The van der Waals surface area contributed by atoms with Crippen LogP contribution in [0, 0.1) is 0 Å². The number of phenols is 1. The molecule has 0 amide bonds. The van der Waals surface area contributed by atoms with Gasteiger partial charge in [-0.3, -0.25) is 4.72 Å². The van der Waals surface area contributed by atoms with Crippen molar-refractivity contribution in [2.75, 3.05) is 17.5 Å². The number of hydrogen-bond donors (Lipinski definition) is 3. The number of rotatable bonds is 4. The Kier molecular flexibility index (Phi) is 3.84. The molecule has 0 heterocycles. The van der Waals surface area contributed by atoms with Gasteiger partial charge in [-0.25, -0.2) is 0 Å². The third-order valence-corrected chi connectivity index (χ3v) is 4.04. The molecule has 1 aromatic carbocycles. The topological polar surface area (TPSA) is 95.7 Å². The Morgan fingerprint density at radius 1 is 1.41 bits per heavy atom. The molecule has 0 saturated heterocycles. The lowest BCUT2D eigenvalue weighted by Crippen LogP contribution is -2.37. The van der Waals surface area contributed by atoms with Gasteiger partial charge in [0, 0.05) is 19.2 Å². The van der Waals surface area contributed by atoms with Crippen LogP contribution < -0.4 is 10.5 Å². The highest BCUT2D eigenvalue weighted by molar-refractivity contribution is 7.90. The van der Waals surface area contributed by atoms with Crippen molar-refractivity contribution >= 4 is 21.6 Å². The smallest absolute Gasteiger partial charge is 0.301 e. The van der Waals surface area contributed by atoms with Gasteiger partial charge in [0.25, 0.3) is 0 Å². The highest BCUT2D eigenvalue weighted by Gasteiger charge is 2.21. The van der Waals surface area contributed by atoms with E-state index in [0.717, 1.165) is 0 Å². The van der Waals surface area contributed by atoms with Crippen molar-refractivity contribution in [1.29, 1.82) is 0 Å². The fourth-order valence-corrected chi connectivity index (χ4v) is 2.29. The Bertz CT molecular complexity index is 500. The normalized spacial score (nSPS) is 12.1. The van der Waals surface area contributed by atoms with Gasteiger partial charge in [0.1, 0.15) is 5.75 Å². The molecule has 0 radical (unpaired) electrons. The maximum Gasteiger partial charge on any atom is 0.301 e. The molecule has 0 saturated carbocycles. The molecule has 4 N–H and O–H groups in total. The maximum absolute atomic E-state index is 11.9. The fraction of sp³-hybridized carbons (Fsp3) is 0.400. The monoisotopic (exact) mass is 259 g/mol. The van der Waals surface area contributed by atoms with Gasteiger partial charge in [-0.15, -0.1) is 0 Å². The molecule has 0 fully saturated rings. The van der Waals surface area contributed by atoms with E-state index < -0.39 is 10.2 Å². The van der Waals surface area contributed by atoms with Crippen molar-refractivity contribution in [3.05, 3.63) is 18.2 Å². The molecule has 96 valence electrons. The minimum absolute atomic E-state index is 0.0114. The van der Waals surface area contributed by atoms with Crippen LogP contribution >= 0.6 is 0 Å². The van der Waals surface area contributed by atoms with Crippen molar-refractivity contribution in [3.8, 4) is 5.75 Å². The molecule has 1 rings (SSSR count). The Morgan fingerprint density at radius 3 is 2.47 bits per heavy atom. The predicted molar refractivity (Wildman–Crippen MR) is 68.0 cm³/mol. The van der Waals surface area contributed by atoms with E-state index in [2.05, 4.69) is 4.72 Å². The minimum atomic E-state index is -3.63. The van der Waals surface area contributed by atoms with Gasteiger partial charge in [0.2, 0.25) is 0 Å². The summed E-state index contributed by atoms with van der Waals surface area (Å²) in [5.41, 5.74) is 6.02. The highest BCUT2D eigenvalue weighted by Crippen LogP contribution is 2.24. The van der Waals surface area contributed by atoms with E-state index in [1.807, 2.05) is 0 Å². The summed E-state index contributed by atoms with van der Waals surface area (Å²) >= 11 is 0. The highest BCUT2D eigenvalue weighted by atomic mass is 32.2. The van der Waals surface area contributed by atoms with E-state index in [1.54, 1.807) is 13.8 Å². The largest absolute Gasteiger partial charge is 0.508 e. The van der Waals surface area contributed by atoms with E-state index >= 15 is 0 Å². The number of nitrogens with zero attached hydrogens (tertiary/aromatic N) is 1. The number of aromatic hydroxyl groups is 1. The Hall–Kier alpha value is -1.47. The molecule has 0 aliphatic rings. The number of nitrogen functional groups attached to an aromatic ring is 1.